The lowest BCUT2D eigenvalue weighted by molar-refractivity contribution is -0.142. The van der Waals surface area contributed by atoms with E-state index in [9.17, 15) is 14.4 Å². The molecule has 3 rings (SSSR count). The van der Waals surface area contributed by atoms with Gasteiger partial charge in [-0.25, -0.2) is 0 Å². The van der Waals surface area contributed by atoms with Crippen molar-refractivity contribution in [3.8, 4) is 5.75 Å². The Labute approximate surface area is 165 Å². The summed E-state index contributed by atoms with van der Waals surface area (Å²) in [4.78, 5) is 36.9. The van der Waals surface area contributed by atoms with Crippen molar-refractivity contribution in [1.82, 2.24) is 0 Å². The average Bonchev–Trinajstić information content (AvgIpc) is 2.66. The molecule has 1 saturated carbocycles. The molecule has 1 aliphatic carbocycles. The lowest BCUT2D eigenvalue weighted by Crippen LogP contribution is -2.38. The molecule has 2 aromatic rings. The standard InChI is InChI=1S/C24H26O4/c1-4-20(25)24-21(26)12-18(13-22(24)27)23-15(2)10-19(11-16(23)3)28-14-17-8-6-5-7-9-17/h5-11,18,24H,4,12-14H2,1-3H3. The van der Waals surface area contributed by atoms with E-state index >= 15 is 0 Å². The van der Waals surface area contributed by atoms with Gasteiger partial charge in [-0.15, -0.1) is 0 Å². The number of hydrogen-bond donors (Lipinski definition) is 0. The third kappa shape index (κ3) is 4.22. The minimum Gasteiger partial charge on any atom is -0.489 e. The summed E-state index contributed by atoms with van der Waals surface area (Å²) in [5, 5.41) is 0. The molecule has 4 heteroatoms. The van der Waals surface area contributed by atoms with Crippen LogP contribution in [0.15, 0.2) is 42.5 Å². The molecule has 4 nitrogen and oxygen atoms in total. The van der Waals surface area contributed by atoms with Crippen LogP contribution in [-0.2, 0) is 21.0 Å². The summed E-state index contributed by atoms with van der Waals surface area (Å²) in [5.41, 5.74) is 4.14. The number of rotatable bonds is 6. The second kappa shape index (κ2) is 8.51. The van der Waals surface area contributed by atoms with Crippen LogP contribution < -0.4 is 4.74 Å². The summed E-state index contributed by atoms with van der Waals surface area (Å²) >= 11 is 0. The molecule has 0 amide bonds. The van der Waals surface area contributed by atoms with Gasteiger partial charge in [0.1, 0.15) is 18.3 Å². The van der Waals surface area contributed by atoms with Crippen molar-refractivity contribution in [3.63, 3.8) is 0 Å². The molecular formula is C24H26O4. The number of carbonyl (C=O) groups is 3. The number of carbonyl (C=O) groups excluding carboxylic acids is 3. The molecule has 0 radical (unpaired) electrons. The van der Waals surface area contributed by atoms with Gasteiger partial charge < -0.3 is 4.74 Å². The Hall–Kier alpha value is -2.75. The predicted octanol–water partition coefficient (Wildman–Crippen LogP) is 4.49. The van der Waals surface area contributed by atoms with E-state index < -0.39 is 5.92 Å². The molecule has 0 bridgehead atoms. The van der Waals surface area contributed by atoms with E-state index in [1.54, 1.807) is 6.92 Å². The summed E-state index contributed by atoms with van der Waals surface area (Å²) in [7, 11) is 0. The van der Waals surface area contributed by atoms with Crippen LogP contribution in [0.2, 0.25) is 0 Å². The number of hydrogen-bond acceptors (Lipinski definition) is 4. The Morgan fingerprint density at radius 1 is 1.00 bits per heavy atom. The van der Waals surface area contributed by atoms with Crippen molar-refractivity contribution in [2.24, 2.45) is 5.92 Å². The predicted molar refractivity (Wildman–Crippen MR) is 107 cm³/mol. The quantitative estimate of drug-likeness (QED) is 0.695. The molecule has 146 valence electrons. The van der Waals surface area contributed by atoms with Crippen LogP contribution >= 0.6 is 0 Å². The molecule has 0 saturated heterocycles. The Kier molecular flexibility index (Phi) is 6.08. The lowest BCUT2D eigenvalue weighted by Gasteiger charge is -2.28. The van der Waals surface area contributed by atoms with Crippen molar-refractivity contribution >= 4 is 17.3 Å². The summed E-state index contributed by atoms with van der Waals surface area (Å²) < 4.78 is 5.92. The van der Waals surface area contributed by atoms with Gasteiger partial charge in [0.15, 0.2) is 17.3 Å². The summed E-state index contributed by atoms with van der Waals surface area (Å²) in [6, 6.07) is 13.9. The van der Waals surface area contributed by atoms with Crippen molar-refractivity contribution in [3.05, 3.63) is 64.7 Å². The van der Waals surface area contributed by atoms with Gasteiger partial charge in [0, 0.05) is 19.3 Å². The van der Waals surface area contributed by atoms with Crippen molar-refractivity contribution in [2.75, 3.05) is 0 Å². The van der Waals surface area contributed by atoms with E-state index in [1.165, 1.54) is 0 Å². The largest absolute Gasteiger partial charge is 0.489 e. The molecule has 0 unspecified atom stereocenters. The second-order valence-electron chi connectivity index (χ2n) is 7.54. The van der Waals surface area contributed by atoms with Crippen LogP contribution in [0.4, 0.5) is 0 Å². The topological polar surface area (TPSA) is 60.4 Å². The third-order valence-corrected chi connectivity index (χ3v) is 5.43. The monoisotopic (exact) mass is 378 g/mol. The van der Waals surface area contributed by atoms with Crippen molar-refractivity contribution in [1.29, 1.82) is 0 Å². The summed E-state index contributed by atoms with van der Waals surface area (Å²) in [5.74, 6) is -1.17. The summed E-state index contributed by atoms with van der Waals surface area (Å²) in [6.45, 7) is 6.14. The molecule has 0 heterocycles. The van der Waals surface area contributed by atoms with E-state index in [0.717, 1.165) is 28.0 Å². The fourth-order valence-electron chi connectivity index (χ4n) is 4.14. The molecule has 2 aromatic carbocycles. The van der Waals surface area contributed by atoms with Crippen LogP contribution in [0.25, 0.3) is 0 Å². The van der Waals surface area contributed by atoms with Crippen molar-refractivity contribution < 1.29 is 19.1 Å². The first kappa shape index (κ1) is 20.0. The van der Waals surface area contributed by atoms with Gasteiger partial charge in [0.25, 0.3) is 0 Å². The molecule has 0 spiro atoms. The first-order chi connectivity index (χ1) is 13.4. The molecule has 0 aliphatic heterocycles. The maximum absolute atomic E-state index is 12.5. The van der Waals surface area contributed by atoms with Gasteiger partial charge in [0.2, 0.25) is 0 Å². The highest BCUT2D eigenvalue weighted by Gasteiger charge is 2.40. The minimum atomic E-state index is -1.05. The minimum absolute atomic E-state index is 0.163. The van der Waals surface area contributed by atoms with Gasteiger partial charge in [-0.2, -0.15) is 0 Å². The van der Waals surface area contributed by atoms with Crippen LogP contribution in [0.5, 0.6) is 5.75 Å². The number of ketones is 3. The van der Waals surface area contributed by atoms with Gasteiger partial charge in [0.05, 0.1) is 0 Å². The van der Waals surface area contributed by atoms with E-state index in [2.05, 4.69) is 0 Å². The molecule has 1 fully saturated rings. The third-order valence-electron chi connectivity index (χ3n) is 5.43. The SMILES string of the molecule is CCC(=O)C1C(=O)CC(c2c(C)cc(OCc3ccccc3)cc2C)CC1=O. The zero-order valence-electron chi connectivity index (χ0n) is 16.7. The Bertz CT molecular complexity index is 857. The molecule has 0 aromatic heterocycles. The Balaban J connectivity index is 1.77. The van der Waals surface area contributed by atoms with Crippen LogP contribution in [0.1, 0.15) is 54.4 Å². The van der Waals surface area contributed by atoms with E-state index in [1.807, 2.05) is 56.3 Å². The fraction of sp³-hybridized carbons (Fsp3) is 0.375. The Morgan fingerprint density at radius 2 is 1.57 bits per heavy atom. The smallest absolute Gasteiger partial charge is 0.151 e. The number of aryl methyl sites for hydroxylation is 2. The van der Waals surface area contributed by atoms with E-state index in [-0.39, 0.29) is 42.5 Å². The molecule has 0 atom stereocenters. The highest BCUT2D eigenvalue weighted by atomic mass is 16.5. The number of ether oxygens (including phenoxy) is 1. The fourth-order valence-corrected chi connectivity index (χ4v) is 4.14. The lowest BCUT2D eigenvalue weighted by atomic mass is 9.73. The first-order valence-electron chi connectivity index (χ1n) is 9.76. The highest BCUT2D eigenvalue weighted by Crippen LogP contribution is 2.37. The van der Waals surface area contributed by atoms with Crippen LogP contribution in [0.3, 0.4) is 0 Å². The van der Waals surface area contributed by atoms with E-state index in [0.29, 0.717) is 6.61 Å². The summed E-state index contributed by atoms with van der Waals surface area (Å²) in [6.07, 6.45) is 0.709. The van der Waals surface area contributed by atoms with Gasteiger partial charge in [-0.05, 0) is 54.2 Å². The van der Waals surface area contributed by atoms with Gasteiger partial charge >= 0.3 is 0 Å². The first-order valence-corrected chi connectivity index (χ1v) is 9.76. The average molecular weight is 378 g/mol. The number of Topliss-reactive ketones (excluding diaryl/α,β-unsaturated/α-hetero) is 3. The molecular weight excluding hydrogens is 352 g/mol. The normalized spacial score (nSPS) is 19.5. The zero-order valence-corrected chi connectivity index (χ0v) is 16.7. The maximum Gasteiger partial charge on any atom is 0.151 e. The van der Waals surface area contributed by atoms with E-state index in [4.69, 9.17) is 4.74 Å². The van der Waals surface area contributed by atoms with Gasteiger partial charge in [-0.3, -0.25) is 14.4 Å². The van der Waals surface area contributed by atoms with Crippen LogP contribution in [-0.4, -0.2) is 17.3 Å². The maximum atomic E-state index is 12.5. The highest BCUT2D eigenvalue weighted by molar-refractivity contribution is 6.20. The second-order valence-corrected chi connectivity index (χ2v) is 7.54. The zero-order chi connectivity index (χ0) is 20.3. The molecule has 1 aliphatic rings. The molecule has 0 N–H and O–H groups in total. The number of benzene rings is 2. The Morgan fingerprint density at radius 3 is 2.11 bits per heavy atom. The van der Waals surface area contributed by atoms with Gasteiger partial charge in [-0.1, -0.05) is 37.3 Å². The molecule has 28 heavy (non-hydrogen) atoms. The van der Waals surface area contributed by atoms with Crippen LogP contribution in [0, 0.1) is 19.8 Å². The van der Waals surface area contributed by atoms with Crippen molar-refractivity contribution in [2.45, 2.75) is 52.6 Å².